The molecular weight excluding hydrogens is 247 g/mol. The molecule has 3 nitrogen and oxygen atoms in total. The van der Waals surface area contributed by atoms with E-state index in [9.17, 15) is 5.11 Å². The van der Waals surface area contributed by atoms with Crippen molar-refractivity contribution in [3.8, 4) is 0 Å². The lowest BCUT2D eigenvalue weighted by Gasteiger charge is -2.36. The van der Waals surface area contributed by atoms with Crippen LogP contribution in [0.3, 0.4) is 0 Å². The van der Waals surface area contributed by atoms with Gasteiger partial charge in [0.15, 0.2) is 0 Å². The number of nitrogens with zero attached hydrogens (tertiary/aromatic N) is 2. The van der Waals surface area contributed by atoms with E-state index >= 15 is 0 Å². The Kier molecular flexibility index (Phi) is 3.29. The van der Waals surface area contributed by atoms with E-state index in [1.54, 1.807) is 12.3 Å². The van der Waals surface area contributed by atoms with Gasteiger partial charge in [-0.1, -0.05) is 23.2 Å². The summed E-state index contributed by atoms with van der Waals surface area (Å²) in [5.74, 6) is 0.751. The zero-order valence-electron chi connectivity index (χ0n) is 9.08. The number of hydrogen-bond donors (Lipinski definition) is 1. The van der Waals surface area contributed by atoms with E-state index in [-0.39, 0.29) is 0 Å². The van der Waals surface area contributed by atoms with Crippen molar-refractivity contribution < 1.29 is 5.11 Å². The second-order valence-corrected chi connectivity index (χ2v) is 5.29. The molecule has 5 heteroatoms. The number of aliphatic hydroxyl groups is 1. The minimum atomic E-state index is -0.560. The van der Waals surface area contributed by atoms with Crippen LogP contribution in [-0.4, -0.2) is 28.8 Å². The number of anilines is 1. The summed E-state index contributed by atoms with van der Waals surface area (Å²) in [6.45, 7) is 3.39. The van der Waals surface area contributed by atoms with Gasteiger partial charge in [-0.05, 0) is 25.8 Å². The second kappa shape index (κ2) is 4.40. The zero-order valence-corrected chi connectivity index (χ0v) is 10.6. The van der Waals surface area contributed by atoms with Crippen molar-refractivity contribution >= 4 is 29.0 Å². The number of pyridine rings is 1. The highest BCUT2D eigenvalue weighted by Gasteiger charge is 2.28. The molecule has 0 aliphatic carbocycles. The molecular formula is C11H14Cl2N2O. The van der Waals surface area contributed by atoms with Crippen LogP contribution in [-0.2, 0) is 0 Å². The van der Waals surface area contributed by atoms with Gasteiger partial charge in [0.05, 0.1) is 15.6 Å². The van der Waals surface area contributed by atoms with E-state index in [0.717, 1.165) is 31.7 Å². The van der Waals surface area contributed by atoms with E-state index in [2.05, 4.69) is 9.88 Å². The molecule has 0 unspecified atom stereocenters. The van der Waals surface area contributed by atoms with Crippen LogP contribution >= 0.6 is 23.2 Å². The Bertz CT molecular complexity index is 386. The summed E-state index contributed by atoms with van der Waals surface area (Å²) < 4.78 is 0. The summed E-state index contributed by atoms with van der Waals surface area (Å²) in [5, 5.41) is 11.0. The van der Waals surface area contributed by atoms with Crippen LogP contribution in [0.1, 0.15) is 19.8 Å². The van der Waals surface area contributed by atoms with Crippen molar-refractivity contribution in [2.24, 2.45) is 0 Å². The monoisotopic (exact) mass is 260 g/mol. The molecule has 0 spiro atoms. The fourth-order valence-electron chi connectivity index (χ4n) is 1.84. The van der Waals surface area contributed by atoms with Crippen molar-refractivity contribution in [1.82, 2.24) is 4.98 Å². The fraction of sp³-hybridized carbons (Fsp3) is 0.545. The Morgan fingerprint density at radius 3 is 2.56 bits per heavy atom. The Morgan fingerprint density at radius 1 is 1.38 bits per heavy atom. The number of hydrogen-bond acceptors (Lipinski definition) is 3. The van der Waals surface area contributed by atoms with Crippen LogP contribution in [0.15, 0.2) is 12.3 Å². The van der Waals surface area contributed by atoms with E-state index in [1.807, 2.05) is 6.92 Å². The smallest absolute Gasteiger partial charge is 0.147 e. The quantitative estimate of drug-likeness (QED) is 0.844. The molecule has 1 aliphatic heterocycles. The SMILES string of the molecule is CC1(O)CCN(c2ncc(Cl)cc2Cl)CC1. The van der Waals surface area contributed by atoms with Gasteiger partial charge in [-0.3, -0.25) is 0 Å². The van der Waals surface area contributed by atoms with E-state index < -0.39 is 5.60 Å². The first-order chi connectivity index (χ1) is 7.48. The molecule has 1 aromatic rings. The zero-order chi connectivity index (χ0) is 11.8. The van der Waals surface area contributed by atoms with Crippen molar-refractivity contribution in [2.75, 3.05) is 18.0 Å². The molecule has 0 saturated carbocycles. The highest BCUT2D eigenvalue weighted by atomic mass is 35.5. The van der Waals surface area contributed by atoms with Crippen LogP contribution < -0.4 is 4.90 Å². The third-order valence-electron chi connectivity index (χ3n) is 2.93. The van der Waals surface area contributed by atoms with Gasteiger partial charge in [0.2, 0.25) is 0 Å². The van der Waals surface area contributed by atoms with Crippen LogP contribution in [0.2, 0.25) is 10.0 Å². The highest BCUT2D eigenvalue weighted by molar-refractivity contribution is 6.36. The molecule has 1 fully saturated rings. The van der Waals surface area contributed by atoms with Gasteiger partial charge in [-0.15, -0.1) is 0 Å². The molecule has 0 aromatic carbocycles. The fourth-order valence-corrected chi connectivity index (χ4v) is 2.34. The summed E-state index contributed by atoms with van der Waals surface area (Å²) in [7, 11) is 0. The average molecular weight is 261 g/mol. The van der Waals surface area contributed by atoms with E-state index in [0.29, 0.717) is 10.0 Å². The van der Waals surface area contributed by atoms with Gasteiger partial charge in [0.1, 0.15) is 5.82 Å². The van der Waals surface area contributed by atoms with Gasteiger partial charge < -0.3 is 10.0 Å². The predicted octanol–water partition coefficient (Wildman–Crippen LogP) is 2.74. The molecule has 0 atom stereocenters. The summed E-state index contributed by atoms with van der Waals surface area (Å²) in [5.41, 5.74) is -0.560. The number of halogens is 2. The summed E-state index contributed by atoms with van der Waals surface area (Å²) >= 11 is 11.9. The van der Waals surface area contributed by atoms with Crippen molar-refractivity contribution in [3.63, 3.8) is 0 Å². The van der Waals surface area contributed by atoms with Crippen LogP contribution in [0.25, 0.3) is 0 Å². The Hall–Kier alpha value is -0.510. The molecule has 2 heterocycles. The molecule has 1 saturated heterocycles. The predicted molar refractivity (Wildman–Crippen MR) is 66.3 cm³/mol. The molecule has 1 N–H and O–H groups in total. The van der Waals surface area contributed by atoms with Crippen LogP contribution in [0.5, 0.6) is 0 Å². The van der Waals surface area contributed by atoms with Crippen LogP contribution in [0, 0.1) is 0 Å². The summed E-state index contributed by atoms with van der Waals surface area (Å²) in [4.78, 5) is 6.31. The van der Waals surface area contributed by atoms with Gasteiger partial charge in [-0.2, -0.15) is 0 Å². The van der Waals surface area contributed by atoms with Crippen molar-refractivity contribution in [2.45, 2.75) is 25.4 Å². The Balaban J connectivity index is 2.14. The molecule has 0 radical (unpaired) electrons. The minimum absolute atomic E-state index is 0.540. The van der Waals surface area contributed by atoms with E-state index in [1.165, 1.54) is 0 Å². The highest BCUT2D eigenvalue weighted by Crippen LogP contribution is 2.30. The van der Waals surface area contributed by atoms with E-state index in [4.69, 9.17) is 23.2 Å². The maximum Gasteiger partial charge on any atom is 0.147 e. The Morgan fingerprint density at radius 2 is 2.00 bits per heavy atom. The summed E-state index contributed by atoms with van der Waals surface area (Å²) in [6.07, 6.45) is 3.05. The normalized spacial score (nSPS) is 19.9. The van der Waals surface area contributed by atoms with Gasteiger partial charge in [0, 0.05) is 19.3 Å². The first-order valence-electron chi connectivity index (χ1n) is 5.26. The van der Waals surface area contributed by atoms with Crippen LogP contribution in [0.4, 0.5) is 5.82 Å². The lowest BCUT2D eigenvalue weighted by Crippen LogP contribution is -2.42. The minimum Gasteiger partial charge on any atom is -0.390 e. The number of piperidine rings is 1. The lowest BCUT2D eigenvalue weighted by atomic mass is 9.94. The molecule has 88 valence electrons. The topological polar surface area (TPSA) is 36.4 Å². The van der Waals surface area contributed by atoms with Gasteiger partial charge in [-0.25, -0.2) is 4.98 Å². The third-order valence-corrected chi connectivity index (χ3v) is 3.41. The van der Waals surface area contributed by atoms with Gasteiger partial charge >= 0.3 is 0 Å². The molecule has 1 aromatic heterocycles. The molecule has 1 aliphatic rings. The van der Waals surface area contributed by atoms with Crippen molar-refractivity contribution in [1.29, 1.82) is 0 Å². The maximum absolute atomic E-state index is 9.85. The third kappa shape index (κ3) is 2.59. The molecule has 0 bridgehead atoms. The first-order valence-corrected chi connectivity index (χ1v) is 6.02. The molecule has 2 rings (SSSR count). The maximum atomic E-state index is 9.85. The largest absolute Gasteiger partial charge is 0.390 e. The van der Waals surface area contributed by atoms with Gasteiger partial charge in [0.25, 0.3) is 0 Å². The number of aromatic nitrogens is 1. The van der Waals surface area contributed by atoms with Crippen molar-refractivity contribution in [3.05, 3.63) is 22.3 Å². The summed E-state index contributed by atoms with van der Waals surface area (Å²) in [6, 6.07) is 1.69. The molecule has 16 heavy (non-hydrogen) atoms. The Labute approximate surface area is 105 Å². The average Bonchev–Trinajstić information content (AvgIpc) is 2.19. The number of rotatable bonds is 1. The first kappa shape index (κ1) is 12.0. The molecule has 0 amide bonds. The lowest BCUT2D eigenvalue weighted by molar-refractivity contribution is 0.0350. The second-order valence-electron chi connectivity index (χ2n) is 4.44. The standard InChI is InChI=1S/C11H14Cl2N2O/c1-11(16)2-4-15(5-3-11)10-9(13)6-8(12)7-14-10/h6-7,16H,2-5H2,1H3.